The summed E-state index contributed by atoms with van der Waals surface area (Å²) in [6.45, 7) is 13.1. The van der Waals surface area contributed by atoms with E-state index < -0.39 is 0 Å². The first-order valence-electron chi connectivity index (χ1n) is 19.1. The van der Waals surface area contributed by atoms with Gasteiger partial charge in [-0.2, -0.15) is 0 Å². The lowest BCUT2D eigenvalue weighted by atomic mass is 9.79. The molecule has 9 aromatic rings. The Morgan fingerprint density at radius 3 is 1.95 bits per heavy atom. The summed E-state index contributed by atoms with van der Waals surface area (Å²) in [5, 5.41) is 14.6. The summed E-state index contributed by atoms with van der Waals surface area (Å²) in [7, 11) is 0. The molecule has 0 spiro atoms. The summed E-state index contributed by atoms with van der Waals surface area (Å²) in [4.78, 5) is 13.0. The van der Waals surface area contributed by atoms with E-state index in [4.69, 9.17) is 14.4 Å². The zero-order valence-electron chi connectivity index (χ0n) is 32.5. The molecule has 0 atom stereocenters. The van der Waals surface area contributed by atoms with Crippen LogP contribution in [0.5, 0.6) is 5.75 Å². The second-order valence-corrected chi connectivity index (χ2v) is 17.5. The van der Waals surface area contributed by atoms with Crippen LogP contribution in [0.3, 0.4) is 0 Å². The number of para-hydroxylation sites is 4. The monoisotopic (exact) mass is 749 g/mol. The second kappa shape index (κ2) is 13.5. The molecule has 6 heteroatoms. The summed E-state index contributed by atoms with van der Waals surface area (Å²) < 4.78 is 7.65. The molecule has 0 bridgehead atoms. The van der Waals surface area contributed by atoms with Gasteiger partial charge in [0.1, 0.15) is 22.0 Å². The van der Waals surface area contributed by atoms with Gasteiger partial charge in [-0.3, -0.25) is 0 Å². The van der Waals surface area contributed by atoms with Crippen LogP contribution in [0.15, 0.2) is 150 Å². The highest BCUT2D eigenvalue weighted by Gasteiger charge is 2.27. The van der Waals surface area contributed by atoms with E-state index in [-0.39, 0.29) is 16.6 Å². The number of fused-ring (bicyclic) bond motifs is 4. The standard InChI is InChI=1S/C50H43N3O2S/c1-49(2,3)32-28-39(46(54)40(29-32)50(4,5)6)48-52-45-37(24-16-26-43(45)56-48)41-30-38-36-23-13-14-25-42(36)55-47(38)44(51-41)31-17-15-22-35(27-31)53(33-18-9-7-10-19-33)34-20-11-8-12-21-34/h7-30,54H,1-6H3. The van der Waals surface area contributed by atoms with Gasteiger partial charge in [0.05, 0.1) is 21.5 Å². The second-order valence-electron chi connectivity index (χ2n) is 16.5. The Morgan fingerprint density at radius 2 is 1.25 bits per heavy atom. The molecule has 0 fully saturated rings. The molecule has 5 nitrogen and oxygen atoms in total. The first-order chi connectivity index (χ1) is 26.9. The van der Waals surface area contributed by atoms with Crippen molar-refractivity contribution in [1.82, 2.24) is 9.97 Å². The Hall–Kier alpha value is -6.24. The minimum absolute atomic E-state index is 0.107. The Morgan fingerprint density at radius 1 is 0.589 bits per heavy atom. The number of anilines is 3. The quantitative estimate of drug-likeness (QED) is 0.183. The van der Waals surface area contributed by atoms with Crippen molar-refractivity contribution in [2.45, 2.75) is 52.4 Å². The highest BCUT2D eigenvalue weighted by atomic mass is 32.1. The van der Waals surface area contributed by atoms with Crippen molar-refractivity contribution in [2.75, 3.05) is 4.90 Å². The number of pyridine rings is 1. The molecule has 56 heavy (non-hydrogen) atoms. The van der Waals surface area contributed by atoms with E-state index in [1.165, 1.54) is 5.56 Å². The third-order valence-electron chi connectivity index (χ3n) is 10.5. The van der Waals surface area contributed by atoms with Crippen molar-refractivity contribution in [3.63, 3.8) is 0 Å². The Balaban J connectivity index is 1.25. The summed E-state index contributed by atoms with van der Waals surface area (Å²) in [5.74, 6) is 0.290. The van der Waals surface area contributed by atoms with Gasteiger partial charge in [0.25, 0.3) is 0 Å². The number of thiazole rings is 1. The average molecular weight is 750 g/mol. The predicted octanol–water partition coefficient (Wildman–Crippen LogP) is 14.4. The molecule has 0 aliphatic carbocycles. The van der Waals surface area contributed by atoms with Gasteiger partial charge >= 0.3 is 0 Å². The minimum atomic E-state index is -0.248. The van der Waals surface area contributed by atoms with Gasteiger partial charge in [-0.15, -0.1) is 11.3 Å². The molecule has 3 aromatic heterocycles. The predicted molar refractivity (Wildman–Crippen MR) is 235 cm³/mol. The van der Waals surface area contributed by atoms with E-state index in [2.05, 4.69) is 162 Å². The first kappa shape index (κ1) is 35.5. The number of benzene rings is 6. The number of nitrogens with zero attached hydrogens (tertiary/aromatic N) is 3. The van der Waals surface area contributed by atoms with Crippen molar-refractivity contribution in [3.05, 3.63) is 157 Å². The van der Waals surface area contributed by atoms with Gasteiger partial charge in [0.15, 0.2) is 5.58 Å². The number of hydrogen-bond donors (Lipinski definition) is 1. The van der Waals surface area contributed by atoms with E-state index in [0.717, 1.165) is 87.9 Å². The Labute approximate surface area is 331 Å². The van der Waals surface area contributed by atoms with Crippen LogP contribution in [-0.2, 0) is 10.8 Å². The van der Waals surface area contributed by atoms with Crippen LogP contribution >= 0.6 is 11.3 Å². The van der Waals surface area contributed by atoms with E-state index in [1.54, 1.807) is 11.3 Å². The third-order valence-corrected chi connectivity index (χ3v) is 11.5. The van der Waals surface area contributed by atoms with Crippen molar-refractivity contribution in [2.24, 2.45) is 0 Å². The summed E-state index contributed by atoms with van der Waals surface area (Å²) in [5.41, 5.74) is 11.4. The highest BCUT2D eigenvalue weighted by Crippen LogP contribution is 2.46. The summed E-state index contributed by atoms with van der Waals surface area (Å²) >= 11 is 1.60. The lowest BCUT2D eigenvalue weighted by Crippen LogP contribution is -2.17. The number of phenols is 1. The van der Waals surface area contributed by atoms with Gasteiger partial charge in [-0.1, -0.05) is 126 Å². The van der Waals surface area contributed by atoms with Crippen molar-refractivity contribution >= 4 is 60.6 Å². The maximum atomic E-state index is 11.8. The van der Waals surface area contributed by atoms with Crippen LogP contribution in [-0.4, -0.2) is 15.1 Å². The van der Waals surface area contributed by atoms with Crippen LogP contribution in [0.4, 0.5) is 17.1 Å². The van der Waals surface area contributed by atoms with Crippen molar-refractivity contribution in [1.29, 1.82) is 0 Å². The van der Waals surface area contributed by atoms with E-state index >= 15 is 0 Å². The first-order valence-corrected chi connectivity index (χ1v) is 19.9. The largest absolute Gasteiger partial charge is 0.507 e. The number of phenolic OH excluding ortho intramolecular Hbond substituents is 1. The molecule has 0 unspecified atom stereocenters. The van der Waals surface area contributed by atoms with Gasteiger partial charge in [0, 0.05) is 44.5 Å². The number of rotatable bonds is 6. The van der Waals surface area contributed by atoms with Crippen molar-refractivity contribution in [3.8, 4) is 38.8 Å². The fraction of sp³-hybridized carbons (Fsp3) is 0.160. The molecule has 0 saturated carbocycles. The van der Waals surface area contributed by atoms with Gasteiger partial charge in [-0.05, 0) is 77.1 Å². The molecule has 276 valence electrons. The number of hydrogen-bond acceptors (Lipinski definition) is 6. The minimum Gasteiger partial charge on any atom is -0.507 e. The maximum absolute atomic E-state index is 11.8. The molecule has 3 heterocycles. The van der Waals surface area contributed by atoms with E-state index in [0.29, 0.717) is 0 Å². The lowest BCUT2D eigenvalue weighted by Gasteiger charge is -2.27. The van der Waals surface area contributed by atoms with Crippen LogP contribution in [0.2, 0.25) is 0 Å². The number of furan rings is 1. The van der Waals surface area contributed by atoms with Crippen LogP contribution < -0.4 is 4.90 Å². The summed E-state index contributed by atoms with van der Waals surface area (Å²) in [6, 6.07) is 50.2. The molecule has 6 aromatic carbocycles. The zero-order chi connectivity index (χ0) is 38.8. The summed E-state index contributed by atoms with van der Waals surface area (Å²) in [6.07, 6.45) is 0. The molecule has 0 aliphatic heterocycles. The SMILES string of the molecule is CC(C)(C)c1cc(-c2nc3c(-c4cc5c(oc6ccccc65)c(-c5cccc(N(c6ccccc6)c6ccccc6)c5)n4)cccc3s2)c(O)c(C(C)(C)C)c1. The molecular weight excluding hydrogens is 707 g/mol. The highest BCUT2D eigenvalue weighted by molar-refractivity contribution is 7.21. The third kappa shape index (κ3) is 6.30. The lowest BCUT2D eigenvalue weighted by molar-refractivity contribution is 0.446. The number of aromatic nitrogens is 2. The molecule has 0 aliphatic rings. The molecular formula is C50H43N3O2S. The fourth-order valence-corrected chi connectivity index (χ4v) is 8.53. The molecule has 0 radical (unpaired) electrons. The zero-order valence-corrected chi connectivity index (χ0v) is 33.3. The molecule has 0 saturated heterocycles. The molecule has 1 N–H and O–H groups in total. The van der Waals surface area contributed by atoms with Crippen molar-refractivity contribution < 1.29 is 9.52 Å². The Bertz CT molecular complexity index is 2860. The molecule has 0 amide bonds. The van der Waals surface area contributed by atoms with Gasteiger partial charge < -0.3 is 14.4 Å². The van der Waals surface area contributed by atoms with Crippen LogP contribution in [0.25, 0.3) is 65.2 Å². The van der Waals surface area contributed by atoms with Crippen LogP contribution in [0.1, 0.15) is 52.7 Å². The van der Waals surface area contributed by atoms with E-state index in [9.17, 15) is 5.11 Å². The van der Waals surface area contributed by atoms with E-state index in [1.807, 2.05) is 30.3 Å². The van der Waals surface area contributed by atoms with Gasteiger partial charge in [0.2, 0.25) is 0 Å². The number of aromatic hydroxyl groups is 1. The fourth-order valence-electron chi connectivity index (χ4n) is 7.52. The average Bonchev–Trinajstić information content (AvgIpc) is 3.80. The molecule has 9 rings (SSSR count). The normalized spacial score (nSPS) is 12.2. The van der Waals surface area contributed by atoms with Gasteiger partial charge in [-0.25, -0.2) is 9.97 Å². The maximum Gasteiger partial charge on any atom is 0.161 e. The topological polar surface area (TPSA) is 62.4 Å². The van der Waals surface area contributed by atoms with Crippen LogP contribution in [0, 0.1) is 0 Å². The Kier molecular flexibility index (Phi) is 8.55. The smallest absolute Gasteiger partial charge is 0.161 e.